The van der Waals surface area contributed by atoms with E-state index in [0.29, 0.717) is 11.3 Å². The van der Waals surface area contributed by atoms with Crippen LogP contribution in [-0.2, 0) is 19.9 Å². The van der Waals surface area contributed by atoms with Crippen LogP contribution in [-0.4, -0.2) is 10.5 Å². The molecule has 0 bridgehead atoms. The third-order valence-electron chi connectivity index (χ3n) is 6.34. The van der Waals surface area contributed by atoms with Crippen LogP contribution in [0.2, 0.25) is 0 Å². The molecule has 2 unspecified atom stereocenters. The quantitative estimate of drug-likeness (QED) is 0.851. The summed E-state index contributed by atoms with van der Waals surface area (Å²) >= 11 is 1.80. The second kappa shape index (κ2) is 5.90. The molecule has 2 aliphatic rings. The van der Waals surface area contributed by atoms with Gasteiger partial charge in [0.25, 0.3) is 5.91 Å². The van der Waals surface area contributed by atoms with Gasteiger partial charge in [0.15, 0.2) is 0 Å². The Morgan fingerprint density at radius 1 is 1.36 bits per heavy atom. The first-order valence-corrected chi connectivity index (χ1v) is 10.1. The average Bonchev–Trinajstić information content (AvgIpc) is 3.17. The van der Waals surface area contributed by atoms with Crippen LogP contribution in [0.4, 0.5) is 5.00 Å². The van der Waals surface area contributed by atoms with Crippen LogP contribution in [0, 0.1) is 11.3 Å². The molecule has 4 rings (SSSR count). The van der Waals surface area contributed by atoms with Gasteiger partial charge in [-0.2, -0.15) is 0 Å². The van der Waals surface area contributed by atoms with Gasteiger partial charge in [0.05, 0.1) is 11.3 Å². The highest BCUT2D eigenvalue weighted by Crippen LogP contribution is 2.46. The van der Waals surface area contributed by atoms with Crippen LogP contribution in [0.5, 0.6) is 0 Å². The van der Waals surface area contributed by atoms with E-state index in [0.717, 1.165) is 29.1 Å². The Hall–Kier alpha value is -1.75. The number of aromatic nitrogens is 1. The maximum absolute atomic E-state index is 12.8. The van der Waals surface area contributed by atoms with E-state index in [2.05, 4.69) is 42.0 Å². The standard InChI is InChI=1S/C20H27N3OS/c1-5-20(2,3)12-8-9-13-15(11-12)25-19-16(13)18(24)21-17(22-19)14-7-6-10-23(14)4/h6-7,10,12,17,22H,5,8-9,11H2,1-4H3,(H,21,24). The number of fused-ring (bicyclic) bond motifs is 3. The van der Waals surface area contributed by atoms with Crippen molar-refractivity contribution in [1.82, 2.24) is 9.88 Å². The van der Waals surface area contributed by atoms with Gasteiger partial charge in [-0.1, -0.05) is 27.2 Å². The predicted octanol–water partition coefficient (Wildman–Crippen LogP) is 4.48. The van der Waals surface area contributed by atoms with Crippen molar-refractivity contribution in [2.24, 2.45) is 18.4 Å². The summed E-state index contributed by atoms with van der Waals surface area (Å²) < 4.78 is 2.05. The summed E-state index contributed by atoms with van der Waals surface area (Å²) in [5, 5.41) is 7.75. The van der Waals surface area contributed by atoms with Gasteiger partial charge < -0.3 is 15.2 Å². The monoisotopic (exact) mass is 357 g/mol. The number of hydrogen-bond acceptors (Lipinski definition) is 3. The summed E-state index contributed by atoms with van der Waals surface area (Å²) in [6.45, 7) is 7.05. The van der Waals surface area contributed by atoms with Gasteiger partial charge in [-0.05, 0) is 48.3 Å². The predicted molar refractivity (Wildman–Crippen MR) is 103 cm³/mol. The Morgan fingerprint density at radius 3 is 2.84 bits per heavy atom. The molecule has 0 saturated carbocycles. The number of rotatable bonds is 3. The van der Waals surface area contributed by atoms with Crippen LogP contribution >= 0.6 is 11.3 Å². The van der Waals surface area contributed by atoms with Gasteiger partial charge in [0.2, 0.25) is 0 Å². The van der Waals surface area contributed by atoms with Crippen molar-refractivity contribution < 1.29 is 4.79 Å². The second-order valence-corrected chi connectivity index (χ2v) is 9.19. The molecule has 1 aliphatic carbocycles. The Kier molecular flexibility index (Phi) is 3.95. The third-order valence-corrected chi connectivity index (χ3v) is 7.52. The number of anilines is 1. The van der Waals surface area contributed by atoms with E-state index in [1.807, 2.05) is 19.3 Å². The third kappa shape index (κ3) is 2.69. The van der Waals surface area contributed by atoms with Crippen molar-refractivity contribution in [2.45, 2.75) is 52.6 Å². The molecule has 2 aromatic rings. The number of nitrogens with one attached hydrogen (secondary N) is 2. The molecule has 0 fully saturated rings. The molecule has 1 aliphatic heterocycles. The van der Waals surface area contributed by atoms with E-state index in [4.69, 9.17) is 0 Å². The molecule has 0 spiro atoms. The molecule has 134 valence electrons. The molecule has 0 saturated heterocycles. The van der Waals surface area contributed by atoms with Crippen molar-refractivity contribution >= 4 is 22.2 Å². The van der Waals surface area contributed by atoms with E-state index in [1.54, 1.807) is 11.3 Å². The summed E-state index contributed by atoms with van der Waals surface area (Å²) in [6.07, 6.45) is 6.38. The number of nitrogens with zero attached hydrogens (tertiary/aromatic N) is 1. The van der Waals surface area contributed by atoms with Crippen LogP contribution in [0.15, 0.2) is 18.3 Å². The lowest BCUT2D eigenvalue weighted by Gasteiger charge is -2.36. The summed E-state index contributed by atoms with van der Waals surface area (Å²) in [6, 6.07) is 4.06. The first-order chi connectivity index (χ1) is 11.9. The van der Waals surface area contributed by atoms with E-state index < -0.39 is 0 Å². The van der Waals surface area contributed by atoms with Crippen LogP contribution in [0.3, 0.4) is 0 Å². The first kappa shape index (κ1) is 16.7. The van der Waals surface area contributed by atoms with E-state index in [-0.39, 0.29) is 12.1 Å². The van der Waals surface area contributed by atoms with Crippen molar-refractivity contribution in [1.29, 1.82) is 0 Å². The number of aryl methyl sites for hydroxylation is 1. The highest BCUT2D eigenvalue weighted by atomic mass is 32.1. The zero-order valence-corrected chi connectivity index (χ0v) is 16.3. The number of hydrogen-bond donors (Lipinski definition) is 2. The van der Waals surface area contributed by atoms with Gasteiger partial charge >= 0.3 is 0 Å². The maximum Gasteiger partial charge on any atom is 0.256 e. The highest BCUT2D eigenvalue weighted by Gasteiger charge is 2.37. The van der Waals surface area contributed by atoms with Crippen molar-refractivity contribution in [3.05, 3.63) is 40.0 Å². The van der Waals surface area contributed by atoms with E-state index in [9.17, 15) is 4.79 Å². The summed E-state index contributed by atoms with van der Waals surface area (Å²) in [5.74, 6) is 0.780. The molecule has 0 aromatic carbocycles. The zero-order valence-electron chi connectivity index (χ0n) is 15.5. The van der Waals surface area contributed by atoms with Crippen molar-refractivity contribution in [2.75, 3.05) is 5.32 Å². The minimum absolute atomic E-state index is 0.0747. The largest absolute Gasteiger partial charge is 0.351 e. The fourth-order valence-corrected chi connectivity index (χ4v) is 5.53. The van der Waals surface area contributed by atoms with E-state index >= 15 is 0 Å². The summed E-state index contributed by atoms with van der Waals surface area (Å²) in [5.41, 5.74) is 3.63. The lowest BCUT2D eigenvalue weighted by molar-refractivity contribution is 0.0933. The minimum atomic E-state index is -0.150. The number of amides is 1. The Labute approximate surface area is 153 Å². The van der Waals surface area contributed by atoms with Gasteiger partial charge in [0, 0.05) is 18.1 Å². The molecular formula is C20H27N3OS. The van der Waals surface area contributed by atoms with Gasteiger partial charge in [-0.25, -0.2) is 0 Å². The van der Waals surface area contributed by atoms with Crippen LogP contribution in [0.1, 0.15) is 66.3 Å². The van der Waals surface area contributed by atoms with Gasteiger partial charge in [-0.3, -0.25) is 4.79 Å². The molecule has 2 N–H and O–H groups in total. The zero-order chi connectivity index (χ0) is 17.8. The smallest absolute Gasteiger partial charge is 0.256 e. The lowest BCUT2D eigenvalue weighted by atomic mass is 9.69. The van der Waals surface area contributed by atoms with Crippen molar-refractivity contribution in [3.63, 3.8) is 0 Å². The van der Waals surface area contributed by atoms with Crippen LogP contribution < -0.4 is 10.6 Å². The molecule has 2 atom stereocenters. The number of thiophene rings is 1. The molecule has 5 heteroatoms. The molecular weight excluding hydrogens is 330 g/mol. The summed E-state index contributed by atoms with van der Waals surface area (Å²) in [7, 11) is 2.01. The maximum atomic E-state index is 12.8. The van der Waals surface area contributed by atoms with Crippen molar-refractivity contribution in [3.8, 4) is 0 Å². The molecule has 3 heterocycles. The molecule has 25 heavy (non-hydrogen) atoms. The lowest BCUT2D eigenvalue weighted by Crippen LogP contribution is -2.39. The topological polar surface area (TPSA) is 46.1 Å². The van der Waals surface area contributed by atoms with Gasteiger partial charge in [-0.15, -0.1) is 11.3 Å². The Balaban J connectivity index is 1.65. The average molecular weight is 358 g/mol. The van der Waals surface area contributed by atoms with Crippen LogP contribution in [0.25, 0.3) is 0 Å². The van der Waals surface area contributed by atoms with Gasteiger partial charge in [0.1, 0.15) is 11.2 Å². The number of carbonyl (C=O) groups is 1. The second-order valence-electron chi connectivity index (χ2n) is 8.08. The normalized spacial score (nSPS) is 22.8. The Morgan fingerprint density at radius 2 is 2.16 bits per heavy atom. The Bertz CT molecular complexity index is 817. The first-order valence-electron chi connectivity index (χ1n) is 9.24. The molecule has 4 nitrogen and oxygen atoms in total. The van der Waals surface area contributed by atoms with E-state index in [1.165, 1.54) is 23.3 Å². The highest BCUT2D eigenvalue weighted by molar-refractivity contribution is 7.16. The molecule has 1 amide bonds. The molecule has 0 radical (unpaired) electrons. The minimum Gasteiger partial charge on any atom is -0.351 e. The summed E-state index contributed by atoms with van der Waals surface area (Å²) in [4.78, 5) is 14.2. The SMILES string of the molecule is CCC(C)(C)C1CCc2c(sc3c2C(=O)NC(c2cccn2C)N3)C1. The number of carbonyl (C=O) groups excluding carboxylic acids is 1. The fourth-order valence-electron chi connectivity index (χ4n) is 4.18. The fraction of sp³-hybridized carbons (Fsp3) is 0.550. The molecule has 2 aromatic heterocycles.